The third-order valence-corrected chi connectivity index (χ3v) is 4.48. The Bertz CT molecular complexity index is 493. The van der Waals surface area contributed by atoms with Crippen LogP contribution in [-0.2, 0) is 4.79 Å². The number of nitrogens with one attached hydrogen (secondary N) is 1. The Morgan fingerprint density at radius 3 is 2.54 bits per heavy atom. The van der Waals surface area contributed by atoms with Gasteiger partial charge in [0.25, 0.3) is 0 Å². The van der Waals surface area contributed by atoms with Crippen molar-refractivity contribution in [3.63, 3.8) is 0 Å². The van der Waals surface area contributed by atoms with Gasteiger partial charge in [-0.15, -0.1) is 24.8 Å². The minimum absolute atomic E-state index is 0. The molecule has 1 aromatic rings. The number of piperazine rings is 1. The highest BCUT2D eigenvalue weighted by atomic mass is 35.5. The number of aromatic nitrogens is 1. The number of nitrogens with two attached hydrogens (primary N) is 1. The van der Waals surface area contributed by atoms with Crippen molar-refractivity contribution in [2.45, 2.75) is 18.9 Å². The lowest BCUT2D eigenvalue weighted by Crippen LogP contribution is -2.50. The predicted molar refractivity (Wildman–Crippen MR) is 101 cm³/mol. The zero-order chi connectivity index (χ0) is 15.4. The van der Waals surface area contributed by atoms with Crippen molar-refractivity contribution in [3.8, 4) is 0 Å². The van der Waals surface area contributed by atoms with Crippen molar-refractivity contribution in [1.29, 1.82) is 0 Å². The molecule has 3 rings (SSSR count). The van der Waals surface area contributed by atoms with Crippen LogP contribution in [0.5, 0.6) is 0 Å². The molecule has 2 heterocycles. The minimum atomic E-state index is 0. The van der Waals surface area contributed by atoms with Crippen LogP contribution in [0.15, 0.2) is 24.4 Å². The molecule has 1 aromatic heterocycles. The van der Waals surface area contributed by atoms with Gasteiger partial charge in [-0.3, -0.25) is 9.69 Å². The fourth-order valence-electron chi connectivity index (χ4n) is 2.86. The molecule has 2 fully saturated rings. The van der Waals surface area contributed by atoms with E-state index in [9.17, 15) is 4.79 Å². The van der Waals surface area contributed by atoms with Crippen LogP contribution in [0.3, 0.4) is 0 Å². The van der Waals surface area contributed by atoms with Gasteiger partial charge in [-0.1, -0.05) is 6.07 Å². The SMILES string of the molecule is Cl.Cl.NC(CNC(=O)CN1CCN(c2ccccn2)CC1)C1CC1. The molecule has 136 valence electrons. The molecule has 0 spiro atoms. The Hall–Kier alpha value is -1.08. The summed E-state index contributed by atoms with van der Waals surface area (Å²) < 4.78 is 0. The Labute approximate surface area is 156 Å². The van der Waals surface area contributed by atoms with Gasteiger partial charge in [-0.05, 0) is 30.9 Å². The first kappa shape index (κ1) is 21.0. The predicted octanol–water partition coefficient (Wildman–Crippen LogP) is 0.901. The largest absolute Gasteiger partial charge is 0.354 e. The molecule has 1 aliphatic carbocycles. The second-order valence-corrected chi connectivity index (χ2v) is 6.26. The summed E-state index contributed by atoms with van der Waals surface area (Å²) in [7, 11) is 0. The van der Waals surface area contributed by atoms with Gasteiger partial charge in [0.05, 0.1) is 6.54 Å². The molecule has 1 saturated heterocycles. The monoisotopic (exact) mass is 375 g/mol. The summed E-state index contributed by atoms with van der Waals surface area (Å²) in [6.07, 6.45) is 4.25. The van der Waals surface area contributed by atoms with E-state index in [4.69, 9.17) is 5.73 Å². The standard InChI is InChI=1S/C16H25N5O.2ClH/c17-14(13-4-5-13)11-19-16(22)12-20-7-9-21(10-8-20)15-3-1-2-6-18-15;;/h1-3,6,13-14H,4-5,7-12,17H2,(H,19,22);2*1H. The van der Waals surface area contributed by atoms with E-state index >= 15 is 0 Å². The molecule has 1 saturated carbocycles. The van der Waals surface area contributed by atoms with Crippen molar-refractivity contribution < 1.29 is 4.79 Å². The van der Waals surface area contributed by atoms with Crippen LogP contribution < -0.4 is 16.0 Å². The van der Waals surface area contributed by atoms with Crippen molar-refractivity contribution in [2.24, 2.45) is 11.7 Å². The number of halogens is 2. The number of anilines is 1. The van der Waals surface area contributed by atoms with E-state index in [1.54, 1.807) is 0 Å². The summed E-state index contributed by atoms with van der Waals surface area (Å²) in [5.41, 5.74) is 6.00. The normalized spacial score (nSPS) is 19.0. The van der Waals surface area contributed by atoms with Crippen LogP contribution in [0.1, 0.15) is 12.8 Å². The number of carbonyl (C=O) groups excluding carboxylic acids is 1. The van der Waals surface area contributed by atoms with Crippen molar-refractivity contribution >= 4 is 36.5 Å². The lowest BCUT2D eigenvalue weighted by Gasteiger charge is -2.35. The van der Waals surface area contributed by atoms with E-state index in [1.165, 1.54) is 12.8 Å². The Balaban J connectivity index is 0.00000144. The average Bonchev–Trinajstić information content (AvgIpc) is 3.39. The number of amides is 1. The Kier molecular flexibility index (Phi) is 8.76. The third kappa shape index (κ3) is 6.09. The van der Waals surface area contributed by atoms with Crippen LogP contribution in [0.4, 0.5) is 5.82 Å². The van der Waals surface area contributed by atoms with Gasteiger partial charge in [0, 0.05) is 45.0 Å². The summed E-state index contributed by atoms with van der Waals surface area (Å²) in [6, 6.07) is 6.09. The maximum atomic E-state index is 12.0. The van der Waals surface area contributed by atoms with E-state index in [-0.39, 0.29) is 36.8 Å². The van der Waals surface area contributed by atoms with Gasteiger partial charge in [-0.2, -0.15) is 0 Å². The smallest absolute Gasteiger partial charge is 0.234 e. The first-order chi connectivity index (χ1) is 10.7. The summed E-state index contributed by atoms with van der Waals surface area (Å²) in [6.45, 7) is 4.67. The van der Waals surface area contributed by atoms with Gasteiger partial charge in [0.1, 0.15) is 5.82 Å². The molecule has 1 unspecified atom stereocenters. The maximum Gasteiger partial charge on any atom is 0.234 e. The van der Waals surface area contributed by atoms with Crippen LogP contribution in [0.2, 0.25) is 0 Å². The zero-order valence-corrected chi connectivity index (χ0v) is 15.4. The van der Waals surface area contributed by atoms with E-state index in [0.717, 1.165) is 32.0 Å². The van der Waals surface area contributed by atoms with Gasteiger partial charge >= 0.3 is 0 Å². The van der Waals surface area contributed by atoms with Crippen molar-refractivity contribution in [3.05, 3.63) is 24.4 Å². The third-order valence-electron chi connectivity index (χ3n) is 4.48. The molecule has 8 heteroatoms. The van der Waals surface area contributed by atoms with E-state index in [0.29, 0.717) is 19.0 Å². The van der Waals surface area contributed by atoms with E-state index in [2.05, 4.69) is 20.1 Å². The van der Waals surface area contributed by atoms with E-state index < -0.39 is 0 Å². The summed E-state index contributed by atoms with van der Waals surface area (Å²) in [5, 5.41) is 2.96. The molecule has 0 radical (unpaired) electrons. The molecule has 1 aliphatic heterocycles. The number of rotatable bonds is 6. The van der Waals surface area contributed by atoms with Crippen LogP contribution in [-0.4, -0.2) is 61.1 Å². The second kappa shape index (κ2) is 10.0. The fourth-order valence-corrected chi connectivity index (χ4v) is 2.86. The lowest BCUT2D eigenvalue weighted by molar-refractivity contribution is -0.122. The van der Waals surface area contributed by atoms with Crippen LogP contribution in [0, 0.1) is 5.92 Å². The number of nitrogens with zero attached hydrogens (tertiary/aromatic N) is 3. The topological polar surface area (TPSA) is 74.5 Å². The van der Waals surface area contributed by atoms with Crippen LogP contribution >= 0.6 is 24.8 Å². The highest BCUT2D eigenvalue weighted by molar-refractivity contribution is 5.85. The molecular weight excluding hydrogens is 349 g/mol. The van der Waals surface area contributed by atoms with Crippen molar-refractivity contribution in [2.75, 3.05) is 44.2 Å². The minimum Gasteiger partial charge on any atom is -0.354 e. The van der Waals surface area contributed by atoms with Gasteiger partial charge in [-0.25, -0.2) is 4.98 Å². The molecule has 24 heavy (non-hydrogen) atoms. The highest BCUT2D eigenvalue weighted by Gasteiger charge is 2.28. The maximum absolute atomic E-state index is 12.0. The number of hydrogen-bond acceptors (Lipinski definition) is 5. The number of carbonyl (C=O) groups is 1. The molecule has 1 amide bonds. The van der Waals surface area contributed by atoms with Crippen LogP contribution in [0.25, 0.3) is 0 Å². The molecule has 3 N–H and O–H groups in total. The molecular formula is C16H27Cl2N5O. The summed E-state index contributed by atoms with van der Waals surface area (Å²) in [4.78, 5) is 20.8. The van der Waals surface area contributed by atoms with Crippen molar-refractivity contribution in [1.82, 2.24) is 15.2 Å². The number of pyridine rings is 1. The molecule has 1 atom stereocenters. The molecule has 2 aliphatic rings. The fraction of sp³-hybridized carbons (Fsp3) is 0.625. The van der Waals surface area contributed by atoms with Gasteiger partial charge < -0.3 is 16.0 Å². The summed E-state index contributed by atoms with van der Waals surface area (Å²) >= 11 is 0. The first-order valence-corrected chi connectivity index (χ1v) is 8.13. The zero-order valence-electron chi connectivity index (χ0n) is 13.8. The lowest BCUT2D eigenvalue weighted by atomic mass is 10.2. The highest BCUT2D eigenvalue weighted by Crippen LogP contribution is 2.31. The first-order valence-electron chi connectivity index (χ1n) is 8.13. The quantitative estimate of drug-likeness (QED) is 0.772. The van der Waals surface area contributed by atoms with E-state index in [1.807, 2.05) is 24.4 Å². The average molecular weight is 376 g/mol. The number of hydrogen-bond donors (Lipinski definition) is 2. The molecule has 0 bridgehead atoms. The van der Waals surface area contributed by atoms with Gasteiger partial charge in [0.15, 0.2) is 0 Å². The molecule has 0 aromatic carbocycles. The second-order valence-electron chi connectivity index (χ2n) is 6.26. The summed E-state index contributed by atoms with van der Waals surface area (Å²) in [5.74, 6) is 1.73. The Morgan fingerprint density at radius 1 is 1.25 bits per heavy atom. The van der Waals surface area contributed by atoms with Gasteiger partial charge in [0.2, 0.25) is 5.91 Å². The molecule has 6 nitrogen and oxygen atoms in total. The Morgan fingerprint density at radius 2 is 1.96 bits per heavy atom.